The van der Waals surface area contributed by atoms with Crippen molar-refractivity contribution in [3.63, 3.8) is 0 Å². The van der Waals surface area contributed by atoms with Gasteiger partial charge in [0.05, 0.1) is 6.04 Å². The Balaban J connectivity index is 0.00000176. The SMILES string of the molecule is Cl.NC(C(=O)NC1CC1c1cccc(F)c1)C1CCOCC1. The van der Waals surface area contributed by atoms with Gasteiger partial charge in [0.15, 0.2) is 0 Å². The van der Waals surface area contributed by atoms with Crippen molar-refractivity contribution >= 4 is 18.3 Å². The summed E-state index contributed by atoms with van der Waals surface area (Å²) in [5.74, 6) is 0.0887. The average molecular weight is 329 g/mol. The van der Waals surface area contributed by atoms with Gasteiger partial charge in [0.1, 0.15) is 5.82 Å². The summed E-state index contributed by atoms with van der Waals surface area (Å²) in [7, 11) is 0. The van der Waals surface area contributed by atoms with E-state index in [1.165, 1.54) is 12.1 Å². The lowest BCUT2D eigenvalue weighted by molar-refractivity contribution is -0.124. The maximum absolute atomic E-state index is 13.2. The summed E-state index contributed by atoms with van der Waals surface area (Å²) < 4.78 is 18.5. The van der Waals surface area contributed by atoms with Gasteiger partial charge in [-0.1, -0.05) is 12.1 Å². The molecule has 6 heteroatoms. The van der Waals surface area contributed by atoms with Crippen LogP contribution in [0, 0.1) is 11.7 Å². The molecule has 22 heavy (non-hydrogen) atoms. The van der Waals surface area contributed by atoms with Crippen molar-refractivity contribution in [1.29, 1.82) is 0 Å². The van der Waals surface area contributed by atoms with Gasteiger partial charge in [0.25, 0.3) is 0 Å². The Morgan fingerprint density at radius 1 is 1.36 bits per heavy atom. The van der Waals surface area contributed by atoms with E-state index in [1.54, 1.807) is 6.07 Å². The number of carbonyl (C=O) groups excluding carboxylic acids is 1. The Bertz CT molecular complexity index is 523. The molecule has 2 fully saturated rings. The zero-order valence-electron chi connectivity index (χ0n) is 12.3. The van der Waals surface area contributed by atoms with Crippen LogP contribution in [0.3, 0.4) is 0 Å². The number of nitrogens with two attached hydrogens (primary N) is 1. The molecule has 122 valence electrons. The second-order valence-corrected chi connectivity index (χ2v) is 5.99. The zero-order valence-corrected chi connectivity index (χ0v) is 13.2. The van der Waals surface area contributed by atoms with Crippen molar-refractivity contribution < 1.29 is 13.9 Å². The highest BCUT2D eigenvalue weighted by Crippen LogP contribution is 2.41. The number of nitrogens with one attached hydrogen (secondary N) is 1. The Morgan fingerprint density at radius 2 is 2.09 bits per heavy atom. The van der Waals surface area contributed by atoms with Crippen molar-refractivity contribution in [3.8, 4) is 0 Å². The number of rotatable bonds is 4. The van der Waals surface area contributed by atoms with Crippen LogP contribution in [0.2, 0.25) is 0 Å². The Morgan fingerprint density at radius 3 is 2.77 bits per heavy atom. The number of hydrogen-bond donors (Lipinski definition) is 2. The molecule has 3 N–H and O–H groups in total. The number of hydrogen-bond acceptors (Lipinski definition) is 3. The van der Waals surface area contributed by atoms with Crippen LogP contribution >= 0.6 is 12.4 Å². The highest BCUT2D eigenvalue weighted by molar-refractivity contribution is 5.85. The lowest BCUT2D eigenvalue weighted by Crippen LogP contribution is -2.47. The summed E-state index contributed by atoms with van der Waals surface area (Å²) in [4.78, 5) is 12.2. The minimum Gasteiger partial charge on any atom is -0.381 e. The average Bonchev–Trinajstić information content (AvgIpc) is 3.26. The Hall–Kier alpha value is -1.17. The van der Waals surface area contributed by atoms with E-state index in [2.05, 4.69) is 5.32 Å². The maximum atomic E-state index is 13.2. The Kier molecular flexibility index (Phi) is 5.78. The molecule has 0 bridgehead atoms. The van der Waals surface area contributed by atoms with Gasteiger partial charge >= 0.3 is 0 Å². The van der Waals surface area contributed by atoms with Gasteiger partial charge in [-0.15, -0.1) is 12.4 Å². The lowest BCUT2D eigenvalue weighted by atomic mass is 9.92. The minimum atomic E-state index is -0.470. The fourth-order valence-corrected chi connectivity index (χ4v) is 3.03. The van der Waals surface area contributed by atoms with Crippen molar-refractivity contribution in [2.45, 2.75) is 37.3 Å². The molecule has 3 unspecified atom stereocenters. The molecule has 0 spiro atoms. The molecular weight excluding hydrogens is 307 g/mol. The molecule has 3 atom stereocenters. The van der Waals surface area contributed by atoms with Crippen LogP contribution in [0.5, 0.6) is 0 Å². The predicted molar refractivity (Wildman–Crippen MR) is 84.5 cm³/mol. The fraction of sp³-hybridized carbons (Fsp3) is 0.562. The first-order valence-corrected chi connectivity index (χ1v) is 7.54. The molecule has 1 saturated carbocycles. The van der Waals surface area contributed by atoms with E-state index in [1.807, 2.05) is 6.07 Å². The summed E-state index contributed by atoms with van der Waals surface area (Å²) in [6.45, 7) is 1.36. The molecule has 3 rings (SSSR count). The van der Waals surface area contributed by atoms with Crippen LogP contribution in [0.25, 0.3) is 0 Å². The van der Waals surface area contributed by atoms with Crippen molar-refractivity contribution in [1.82, 2.24) is 5.32 Å². The second kappa shape index (κ2) is 7.40. The first-order chi connectivity index (χ1) is 10.1. The van der Waals surface area contributed by atoms with E-state index < -0.39 is 6.04 Å². The van der Waals surface area contributed by atoms with Crippen LogP contribution in [0.4, 0.5) is 4.39 Å². The number of benzene rings is 1. The topological polar surface area (TPSA) is 64.4 Å². The van der Waals surface area contributed by atoms with Gasteiger partial charge in [-0.3, -0.25) is 4.79 Å². The zero-order chi connectivity index (χ0) is 14.8. The van der Waals surface area contributed by atoms with E-state index in [9.17, 15) is 9.18 Å². The molecule has 1 saturated heterocycles. The fourth-order valence-electron chi connectivity index (χ4n) is 3.03. The summed E-state index contributed by atoms with van der Waals surface area (Å²) in [6.07, 6.45) is 2.54. The molecular formula is C16H22ClFN2O2. The molecule has 1 aromatic carbocycles. The van der Waals surface area contributed by atoms with Crippen LogP contribution in [-0.2, 0) is 9.53 Å². The summed E-state index contributed by atoms with van der Waals surface area (Å²) in [5, 5.41) is 2.99. The smallest absolute Gasteiger partial charge is 0.237 e. The number of carbonyl (C=O) groups is 1. The molecule has 0 aromatic heterocycles. The first kappa shape index (κ1) is 17.2. The highest BCUT2D eigenvalue weighted by Gasteiger charge is 2.41. The number of halogens is 2. The maximum Gasteiger partial charge on any atom is 0.237 e. The van der Waals surface area contributed by atoms with Crippen LogP contribution in [0.1, 0.15) is 30.7 Å². The summed E-state index contributed by atoms with van der Waals surface area (Å²) >= 11 is 0. The third-order valence-electron chi connectivity index (χ3n) is 4.47. The van der Waals surface area contributed by atoms with Crippen LogP contribution in [-0.4, -0.2) is 31.2 Å². The second-order valence-electron chi connectivity index (χ2n) is 5.99. The summed E-state index contributed by atoms with van der Waals surface area (Å²) in [5.41, 5.74) is 6.99. The summed E-state index contributed by atoms with van der Waals surface area (Å²) in [6, 6.07) is 6.19. The monoisotopic (exact) mass is 328 g/mol. The van der Waals surface area contributed by atoms with Gasteiger partial charge in [0, 0.05) is 25.2 Å². The minimum absolute atomic E-state index is 0. The lowest BCUT2D eigenvalue weighted by Gasteiger charge is -2.26. The van der Waals surface area contributed by atoms with Crippen molar-refractivity contribution in [2.24, 2.45) is 11.7 Å². The van der Waals surface area contributed by atoms with Gasteiger partial charge in [-0.05, 0) is 42.9 Å². The van der Waals surface area contributed by atoms with Crippen LogP contribution < -0.4 is 11.1 Å². The molecule has 1 aliphatic carbocycles. The molecule has 1 amide bonds. The van der Waals surface area contributed by atoms with Gasteiger partial charge in [-0.25, -0.2) is 4.39 Å². The van der Waals surface area contributed by atoms with E-state index in [0.717, 1.165) is 24.8 Å². The molecule has 1 heterocycles. The van der Waals surface area contributed by atoms with E-state index in [4.69, 9.17) is 10.5 Å². The Labute approximate surface area is 136 Å². The highest BCUT2D eigenvalue weighted by atomic mass is 35.5. The standard InChI is InChI=1S/C16H21FN2O2.ClH/c17-12-3-1-2-11(8-12)13-9-14(13)19-16(20)15(18)10-4-6-21-7-5-10;/h1-3,8,10,13-15H,4-7,9,18H2,(H,19,20);1H. The van der Waals surface area contributed by atoms with Gasteiger partial charge in [0.2, 0.25) is 5.91 Å². The third-order valence-corrected chi connectivity index (χ3v) is 4.47. The molecule has 2 aliphatic rings. The van der Waals surface area contributed by atoms with Gasteiger partial charge in [-0.2, -0.15) is 0 Å². The predicted octanol–water partition coefficient (Wildman–Crippen LogP) is 1.97. The van der Waals surface area contributed by atoms with Crippen molar-refractivity contribution in [2.75, 3.05) is 13.2 Å². The normalized spacial score (nSPS) is 25.9. The van der Waals surface area contributed by atoms with E-state index >= 15 is 0 Å². The first-order valence-electron chi connectivity index (χ1n) is 7.54. The largest absolute Gasteiger partial charge is 0.381 e. The number of amides is 1. The third kappa shape index (κ3) is 3.97. The van der Waals surface area contributed by atoms with E-state index in [0.29, 0.717) is 13.2 Å². The van der Waals surface area contributed by atoms with Crippen LogP contribution in [0.15, 0.2) is 24.3 Å². The molecule has 0 radical (unpaired) electrons. The van der Waals surface area contributed by atoms with Gasteiger partial charge < -0.3 is 15.8 Å². The molecule has 1 aliphatic heterocycles. The number of ether oxygens (including phenoxy) is 1. The quantitative estimate of drug-likeness (QED) is 0.888. The van der Waals surface area contributed by atoms with Crippen molar-refractivity contribution in [3.05, 3.63) is 35.6 Å². The molecule has 4 nitrogen and oxygen atoms in total. The van der Waals surface area contributed by atoms with E-state index in [-0.39, 0.29) is 42.0 Å². The molecule has 1 aromatic rings.